The van der Waals surface area contributed by atoms with Crippen molar-refractivity contribution >= 4 is 22.6 Å². The number of anilines is 1. The third-order valence-corrected chi connectivity index (χ3v) is 6.60. The Morgan fingerprint density at radius 2 is 1.82 bits per heavy atom. The smallest absolute Gasteiger partial charge is 0.227 e. The van der Waals surface area contributed by atoms with Gasteiger partial charge in [-0.05, 0) is 61.4 Å². The van der Waals surface area contributed by atoms with Crippen molar-refractivity contribution in [1.29, 1.82) is 0 Å². The van der Waals surface area contributed by atoms with E-state index in [0.29, 0.717) is 26.1 Å². The second-order valence-corrected chi connectivity index (χ2v) is 8.81. The van der Waals surface area contributed by atoms with Crippen molar-refractivity contribution in [3.63, 3.8) is 0 Å². The maximum atomic E-state index is 13.0. The van der Waals surface area contributed by atoms with Crippen LogP contribution in [-0.2, 0) is 11.3 Å². The lowest BCUT2D eigenvalue weighted by Crippen LogP contribution is -2.24. The van der Waals surface area contributed by atoms with Crippen molar-refractivity contribution in [2.45, 2.75) is 32.7 Å². The summed E-state index contributed by atoms with van der Waals surface area (Å²) < 4.78 is 13.6. The molecule has 6 heteroatoms. The molecule has 6 nitrogen and oxygen atoms in total. The lowest BCUT2D eigenvalue weighted by atomic mass is 10.1. The summed E-state index contributed by atoms with van der Waals surface area (Å²) in [4.78, 5) is 19.7. The Labute approximate surface area is 199 Å². The molecule has 0 aliphatic carbocycles. The number of fused-ring (bicyclic) bond motifs is 1. The summed E-state index contributed by atoms with van der Waals surface area (Å²) in [7, 11) is 1.63. The monoisotopic (exact) mass is 455 g/mol. The highest BCUT2D eigenvalue weighted by Crippen LogP contribution is 2.34. The summed E-state index contributed by atoms with van der Waals surface area (Å²) >= 11 is 0. The Morgan fingerprint density at radius 3 is 2.65 bits per heavy atom. The van der Waals surface area contributed by atoms with E-state index in [-0.39, 0.29) is 11.8 Å². The molecule has 1 unspecified atom stereocenters. The fourth-order valence-electron chi connectivity index (χ4n) is 4.61. The van der Waals surface area contributed by atoms with Gasteiger partial charge in [0.25, 0.3) is 0 Å². The van der Waals surface area contributed by atoms with Gasteiger partial charge >= 0.3 is 0 Å². The zero-order valence-corrected chi connectivity index (χ0v) is 19.8. The first kappa shape index (κ1) is 22.0. The van der Waals surface area contributed by atoms with E-state index in [4.69, 9.17) is 14.5 Å². The van der Waals surface area contributed by atoms with Gasteiger partial charge in [0.05, 0.1) is 24.7 Å². The van der Waals surface area contributed by atoms with E-state index in [1.807, 2.05) is 53.4 Å². The molecule has 1 amide bonds. The van der Waals surface area contributed by atoms with Crippen LogP contribution < -0.4 is 14.4 Å². The number of ether oxygens (including phenoxy) is 2. The van der Waals surface area contributed by atoms with E-state index in [1.54, 1.807) is 7.11 Å². The molecule has 4 aromatic rings. The first-order valence-electron chi connectivity index (χ1n) is 11.6. The quantitative estimate of drug-likeness (QED) is 0.381. The van der Waals surface area contributed by atoms with Gasteiger partial charge in [-0.2, -0.15) is 0 Å². The lowest BCUT2D eigenvalue weighted by Gasteiger charge is -2.18. The summed E-state index contributed by atoms with van der Waals surface area (Å²) in [5.74, 6) is 2.65. The van der Waals surface area contributed by atoms with Gasteiger partial charge < -0.3 is 18.9 Å². The largest absolute Gasteiger partial charge is 0.497 e. The van der Waals surface area contributed by atoms with Crippen molar-refractivity contribution in [3.8, 4) is 11.5 Å². The van der Waals surface area contributed by atoms with Crippen LogP contribution >= 0.6 is 0 Å². The number of aromatic nitrogens is 2. The lowest BCUT2D eigenvalue weighted by molar-refractivity contribution is -0.117. The molecule has 1 fully saturated rings. The van der Waals surface area contributed by atoms with Crippen LogP contribution in [0.25, 0.3) is 11.0 Å². The highest BCUT2D eigenvalue weighted by atomic mass is 16.5. The van der Waals surface area contributed by atoms with E-state index in [1.165, 1.54) is 11.1 Å². The zero-order valence-electron chi connectivity index (χ0n) is 19.8. The molecule has 0 saturated carbocycles. The van der Waals surface area contributed by atoms with E-state index in [0.717, 1.165) is 34.0 Å². The number of nitrogens with zero attached hydrogens (tertiary/aromatic N) is 3. The molecular formula is C28H29N3O3. The predicted molar refractivity (Wildman–Crippen MR) is 134 cm³/mol. The van der Waals surface area contributed by atoms with Crippen LogP contribution in [0.15, 0.2) is 66.7 Å². The van der Waals surface area contributed by atoms with Crippen molar-refractivity contribution in [2.24, 2.45) is 0 Å². The average Bonchev–Trinajstić information content (AvgIpc) is 3.42. The normalized spacial score (nSPS) is 15.8. The number of aryl methyl sites for hydroxylation is 2. The van der Waals surface area contributed by atoms with E-state index in [9.17, 15) is 4.79 Å². The fourth-order valence-corrected chi connectivity index (χ4v) is 4.61. The Bertz CT molecular complexity index is 1340. The highest BCUT2D eigenvalue weighted by molar-refractivity contribution is 5.96. The molecule has 1 atom stereocenters. The zero-order chi connectivity index (χ0) is 23.7. The van der Waals surface area contributed by atoms with Crippen molar-refractivity contribution in [2.75, 3.05) is 25.2 Å². The van der Waals surface area contributed by atoms with Crippen LogP contribution in [0.5, 0.6) is 11.5 Å². The number of imidazole rings is 1. The minimum Gasteiger partial charge on any atom is -0.497 e. The third-order valence-electron chi connectivity index (χ3n) is 6.60. The molecule has 0 spiro atoms. The molecule has 174 valence electrons. The second-order valence-electron chi connectivity index (χ2n) is 8.81. The number of hydrogen-bond acceptors (Lipinski definition) is 4. The fraction of sp³-hybridized carbons (Fsp3) is 0.286. The van der Waals surface area contributed by atoms with Gasteiger partial charge in [-0.25, -0.2) is 4.98 Å². The van der Waals surface area contributed by atoms with Gasteiger partial charge in [-0.15, -0.1) is 0 Å². The summed E-state index contributed by atoms with van der Waals surface area (Å²) in [6.07, 6.45) is 0.429. The third kappa shape index (κ3) is 4.23. The number of carbonyl (C=O) groups excluding carboxylic acids is 1. The highest BCUT2D eigenvalue weighted by Gasteiger charge is 2.35. The molecule has 0 bridgehead atoms. The Kier molecular flexibility index (Phi) is 5.97. The molecule has 1 aliphatic rings. The number of methoxy groups -OCH3 is 1. The van der Waals surface area contributed by atoms with Gasteiger partial charge in [0.2, 0.25) is 5.91 Å². The topological polar surface area (TPSA) is 56.6 Å². The summed E-state index contributed by atoms with van der Waals surface area (Å²) in [5.41, 5.74) is 5.33. The molecular weight excluding hydrogens is 426 g/mol. The number of rotatable bonds is 7. The van der Waals surface area contributed by atoms with Gasteiger partial charge in [-0.3, -0.25) is 4.79 Å². The average molecular weight is 456 g/mol. The number of para-hydroxylation sites is 2. The van der Waals surface area contributed by atoms with E-state index >= 15 is 0 Å². The Balaban J connectivity index is 1.39. The molecule has 3 aromatic carbocycles. The van der Waals surface area contributed by atoms with Gasteiger partial charge in [0.15, 0.2) is 0 Å². The summed E-state index contributed by atoms with van der Waals surface area (Å²) in [5, 5.41) is 0. The summed E-state index contributed by atoms with van der Waals surface area (Å²) in [6.45, 7) is 5.96. The molecule has 0 N–H and O–H groups in total. The predicted octanol–water partition coefficient (Wildman–Crippen LogP) is 5.26. The second kappa shape index (κ2) is 9.21. The number of benzene rings is 3. The minimum absolute atomic E-state index is 0.00715. The van der Waals surface area contributed by atoms with Crippen LogP contribution in [0.3, 0.4) is 0 Å². The van der Waals surface area contributed by atoms with E-state index in [2.05, 4.69) is 36.6 Å². The minimum atomic E-state index is 0.00715. The van der Waals surface area contributed by atoms with Crippen molar-refractivity contribution < 1.29 is 14.3 Å². The standard InChI is InChI=1S/C28H29N3O3/c1-19-11-12-24(15-20(19)2)34-14-13-30-26-10-5-4-9-25(26)29-28(30)21-16-27(32)31(18-21)22-7-6-8-23(17-22)33-3/h4-12,15,17,21H,13-14,16,18H2,1-3H3. The Morgan fingerprint density at radius 1 is 0.971 bits per heavy atom. The molecule has 34 heavy (non-hydrogen) atoms. The molecule has 1 saturated heterocycles. The molecule has 0 radical (unpaired) electrons. The maximum Gasteiger partial charge on any atom is 0.227 e. The first-order valence-corrected chi connectivity index (χ1v) is 11.6. The molecule has 1 aliphatic heterocycles. The number of amides is 1. The molecule has 5 rings (SSSR count). The van der Waals surface area contributed by atoms with E-state index < -0.39 is 0 Å². The number of hydrogen-bond donors (Lipinski definition) is 0. The molecule has 1 aromatic heterocycles. The molecule has 2 heterocycles. The van der Waals surface area contributed by atoms with Gasteiger partial charge in [-0.1, -0.05) is 24.3 Å². The summed E-state index contributed by atoms with van der Waals surface area (Å²) in [6, 6.07) is 21.9. The first-order chi connectivity index (χ1) is 16.5. The van der Waals surface area contributed by atoms with Crippen molar-refractivity contribution in [1.82, 2.24) is 9.55 Å². The van der Waals surface area contributed by atoms with Crippen LogP contribution in [0.2, 0.25) is 0 Å². The van der Waals surface area contributed by atoms with Crippen LogP contribution in [-0.4, -0.2) is 35.7 Å². The van der Waals surface area contributed by atoms with Crippen LogP contribution in [0.4, 0.5) is 5.69 Å². The van der Waals surface area contributed by atoms with Crippen LogP contribution in [0, 0.1) is 13.8 Å². The van der Waals surface area contributed by atoms with Crippen LogP contribution in [0.1, 0.15) is 29.3 Å². The Hall–Kier alpha value is -3.80. The SMILES string of the molecule is COc1cccc(N2CC(c3nc4ccccc4n3CCOc3ccc(C)c(C)c3)CC2=O)c1. The van der Waals surface area contributed by atoms with Gasteiger partial charge in [0.1, 0.15) is 23.9 Å². The van der Waals surface area contributed by atoms with Crippen molar-refractivity contribution in [3.05, 3.63) is 83.7 Å². The number of carbonyl (C=O) groups is 1. The van der Waals surface area contributed by atoms with Gasteiger partial charge in [0, 0.05) is 30.6 Å². The maximum absolute atomic E-state index is 13.0.